The van der Waals surface area contributed by atoms with Crippen LogP contribution in [0.25, 0.3) is 11.1 Å². The maximum atomic E-state index is 12.7. The van der Waals surface area contributed by atoms with E-state index in [-0.39, 0.29) is 18.2 Å². The maximum Gasteiger partial charge on any atom is 0.251 e. The third-order valence-corrected chi connectivity index (χ3v) is 5.05. The molecule has 0 aliphatic carbocycles. The molecular formula is C22H22N4O5. The summed E-state index contributed by atoms with van der Waals surface area (Å²) < 4.78 is 17.5. The highest BCUT2D eigenvalue weighted by atomic mass is 16.5. The van der Waals surface area contributed by atoms with Gasteiger partial charge in [0.1, 0.15) is 11.9 Å². The van der Waals surface area contributed by atoms with Gasteiger partial charge in [-0.05, 0) is 5.56 Å². The number of amides is 2. The summed E-state index contributed by atoms with van der Waals surface area (Å²) in [7, 11) is 4.49. The van der Waals surface area contributed by atoms with E-state index < -0.39 is 6.04 Å². The number of hydrogen-bond acceptors (Lipinski definition) is 6. The Bertz CT molecular complexity index is 1100. The molecule has 4 rings (SSSR count). The van der Waals surface area contributed by atoms with Crippen molar-refractivity contribution in [2.24, 2.45) is 0 Å². The van der Waals surface area contributed by atoms with Crippen molar-refractivity contribution >= 4 is 23.3 Å². The molecule has 0 fully saturated rings. The molecule has 9 nitrogen and oxygen atoms in total. The number of aromatic nitrogens is 2. The summed E-state index contributed by atoms with van der Waals surface area (Å²) in [4.78, 5) is 25.2. The quantitative estimate of drug-likeness (QED) is 0.606. The molecule has 0 radical (unpaired) electrons. The summed E-state index contributed by atoms with van der Waals surface area (Å²) in [5, 5.41) is 9.96. The van der Waals surface area contributed by atoms with Gasteiger partial charge in [-0.1, -0.05) is 30.3 Å². The van der Waals surface area contributed by atoms with E-state index >= 15 is 0 Å². The average Bonchev–Trinajstić information content (AvgIpc) is 3.32. The molecule has 2 N–H and O–H groups in total. The van der Waals surface area contributed by atoms with Gasteiger partial charge in [0.05, 0.1) is 33.9 Å². The van der Waals surface area contributed by atoms with E-state index in [9.17, 15) is 9.59 Å². The Labute approximate surface area is 178 Å². The standard InChI is InChI=1S/C22H22N4O5/c1-29-17-9-14(10-18(30-2)20(17)31-3)24-19(27)11-16-22(28)25-21-15(12-23-26(16)21)13-7-5-4-6-8-13/h4-10,12,16H,11H2,1-3H3,(H,24,27)(H,25,28)/t16-/m0/s1. The highest BCUT2D eigenvalue weighted by Gasteiger charge is 2.35. The molecule has 1 aromatic heterocycles. The lowest BCUT2D eigenvalue weighted by Gasteiger charge is -2.15. The second-order valence-corrected chi connectivity index (χ2v) is 6.89. The molecule has 160 valence electrons. The van der Waals surface area contributed by atoms with Gasteiger partial charge < -0.3 is 24.8 Å². The van der Waals surface area contributed by atoms with Crippen LogP contribution in [0.2, 0.25) is 0 Å². The minimum Gasteiger partial charge on any atom is -0.493 e. The van der Waals surface area contributed by atoms with Gasteiger partial charge >= 0.3 is 0 Å². The second-order valence-electron chi connectivity index (χ2n) is 6.89. The summed E-state index contributed by atoms with van der Waals surface area (Å²) in [6, 6.07) is 12.1. The molecule has 0 saturated heterocycles. The predicted molar refractivity (Wildman–Crippen MR) is 115 cm³/mol. The van der Waals surface area contributed by atoms with E-state index in [0.29, 0.717) is 28.8 Å². The molecule has 1 aliphatic heterocycles. The molecule has 1 aliphatic rings. The van der Waals surface area contributed by atoms with Crippen LogP contribution in [0.5, 0.6) is 17.2 Å². The number of nitrogens with one attached hydrogen (secondary N) is 2. The van der Waals surface area contributed by atoms with Crippen molar-refractivity contribution in [3.63, 3.8) is 0 Å². The van der Waals surface area contributed by atoms with Gasteiger partial charge in [-0.15, -0.1) is 0 Å². The largest absolute Gasteiger partial charge is 0.493 e. The number of carbonyl (C=O) groups is 2. The molecular weight excluding hydrogens is 400 g/mol. The highest BCUT2D eigenvalue weighted by Crippen LogP contribution is 2.40. The zero-order valence-electron chi connectivity index (χ0n) is 17.3. The lowest BCUT2D eigenvalue weighted by atomic mass is 10.1. The topological polar surface area (TPSA) is 104 Å². The molecule has 3 aromatic rings. The molecule has 0 unspecified atom stereocenters. The van der Waals surface area contributed by atoms with E-state index in [2.05, 4.69) is 15.7 Å². The van der Waals surface area contributed by atoms with Crippen LogP contribution in [0.1, 0.15) is 12.5 Å². The molecule has 0 spiro atoms. The number of methoxy groups -OCH3 is 3. The second kappa shape index (κ2) is 8.39. The molecule has 1 atom stereocenters. The van der Waals surface area contributed by atoms with E-state index in [1.165, 1.54) is 21.3 Å². The molecule has 31 heavy (non-hydrogen) atoms. The van der Waals surface area contributed by atoms with Crippen molar-refractivity contribution in [3.05, 3.63) is 48.7 Å². The van der Waals surface area contributed by atoms with Crippen LogP contribution in [-0.4, -0.2) is 42.9 Å². The van der Waals surface area contributed by atoms with Crippen LogP contribution in [-0.2, 0) is 9.59 Å². The van der Waals surface area contributed by atoms with Crippen molar-refractivity contribution in [1.29, 1.82) is 0 Å². The Morgan fingerprint density at radius 2 is 1.77 bits per heavy atom. The number of anilines is 2. The smallest absolute Gasteiger partial charge is 0.251 e. The summed E-state index contributed by atoms with van der Waals surface area (Å²) in [6.45, 7) is 0. The van der Waals surface area contributed by atoms with Gasteiger partial charge in [-0.2, -0.15) is 5.10 Å². The fourth-order valence-corrected chi connectivity index (χ4v) is 3.58. The first-order chi connectivity index (χ1) is 15.0. The fraction of sp³-hybridized carbons (Fsp3) is 0.227. The lowest BCUT2D eigenvalue weighted by molar-refractivity contribution is -0.123. The van der Waals surface area contributed by atoms with E-state index in [0.717, 1.165) is 11.1 Å². The third kappa shape index (κ3) is 3.77. The summed E-state index contributed by atoms with van der Waals surface area (Å²) in [5.41, 5.74) is 2.21. The van der Waals surface area contributed by atoms with E-state index in [1.807, 2.05) is 30.3 Å². The first kappa shape index (κ1) is 20.3. The predicted octanol–water partition coefficient (Wildman–Crippen LogP) is 3.10. The normalized spacial score (nSPS) is 14.5. The van der Waals surface area contributed by atoms with Crippen molar-refractivity contribution in [2.45, 2.75) is 12.5 Å². The van der Waals surface area contributed by atoms with Crippen molar-refractivity contribution < 1.29 is 23.8 Å². The van der Waals surface area contributed by atoms with Gasteiger partial charge in [0.2, 0.25) is 11.7 Å². The Morgan fingerprint density at radius 1 is 1.10 bits per heavy atom. The van der Waals surface area contributed by atoms with E-state index in [4.69, 9.17) is 14.2 Å². The Kier molecular flexibility index (Phi) is 5.48. The van der Waals surface area contributed by atoms with Crippen LogP contribution in [0.4, 0.5) is 11.5 Å². The number of ether oxygens (including phenoxy) is 3. The third-order valence-electron chi connectivity index (χ3n) is 5.05. The van der Waals surface area contributed by atoms with Crippen LogP contribution < -0.4 is 24.8 Å². The zero-order valence-corrected chi connectivity index (χ0v) is 17.3. The molecule has 0 bridgehead atoms. The van der Waals surface area contributed by atoms with Crippen LogP contribution in [0.3, 0.4) is 0 Å². The van der Waals surface area contributed by atoms with Gasteiger partial charge in [-0.3, -0.25) is 9.59 Å². The van der Waals surface area contributed by atoms with Gasteiger partial charge in [0.15, 0.2) is 11.5 Å². The number of fused-ring (bicyclic) bond motifs is 1. The van der Waals surface area contributed by atoms with Crippen LogP contribution in [0, 0.1) is 0 Å². The fourth-order valence-electron chi connectivity index (χ4n) is 3.58. The van der Waals surface area contributed by atoms with Gasteiger partial charge in [0.25, 0.3) is 5.91 Å². The number of benzene rings is 2. The summed E-state index contributed by atoms with van der Waals surface area (Å²) in [6.07, 6.45) is 1.61. The maximum absolute atomic E-state index is 12.7. The molecule has 2 amide bonds. The van der Waals surface area contributed by atoms with Crippen molar-refractivity contribution in [1.82, 2.24) is 9.78 Å². The average molecular weight is 422 g/mol. The van der Waals surface area contributed by atoms with Gasteiger partial charge in [0, 0.05) is 23.4 Å². The molecule has 9 heteroatoms. The number of nitrogens with zero attached hydrogens (tertiary/aromatic N) is 2. The number of carbonyl (C=O) groups excluding carboxylic acids is 2. The van der Waals surface area contributed by atoms with Crippen molar-refractivity contribution in [3.8, 4) is 28.4 Å². The highest BCUT2D eigenvalue weighted by molar-refractivity contribution is 6.04. The SMILES string of the molecule is COc1cc(NC(=O)C[C@H]2C(=O)Nc3c(-c4ccccc4)cnn32)cc(OC)c1OC. The summed E-state index contributed by atoms with van der Waals surface area (Å²) >= 11 is 0. The first-order valence-electron chi connectivity index (χ1n) is 9.59. The number of rotatable bonds is 7. The van der Waals surface area contributed by atoms with Crippen molar-refractivity contribution in [2.75, 3.05) is 32.0 Å². The zero-order chi connectivity index (χ0) is 22.0. The Balaban J connectivity index is 1.53. The Morgan fingerprint density at radius 3 is 2.39 bits per heavy atom. The Hall–Kier alpha value is -4.01. The summed E-state index contributed by atoms with van der Waals surface area (Å²) in [5.74, 6) is 1.21. The molecule has 2 aromatic carbocycles. The minimum atomic E-state index is -0.741. The lowest BCUT2D eigenvalue weighted by Crippen LogP contribution is -2.23. The van der Waals surface area contributed by atoms with Crippen LogP contribution >= 0.6 is 0 Å². The first-order valence-corrected chi connectivity index (χ1v) is 9.59. The monoisotopic (exact) mass is 422 g/mol. The van der Waals surface area contributed by atoms with Crippen LogP contribution in [0.15, 0.2) is 48.7 Å². The number of hydrogen-bond donors (Lipinski definition) is 2. The minimum absolute atomic E-state index is 0.0780. The van der Waals surface area contributed by atoms with E-state index in [1.54, 1.807) is 23.0 Å². The molecule has 2 heterocycles. The molecule has 0 saturated carbocycles. The van der Waals surface area contributed by atoms with Gasteiger partial charge in [-0.25, -0.2) is 4.68 Å².